The Balaban J connectivity index is 2.32. The fraction of sp³-hybridized carbons (Fsp3) is 0.357. The topological polar surface area (TPSA) is 86.7 Å². The van der Waals surface area contributed by atoms with Crippen LogP contribution in [-0.4, -0.2) is 40.9 Å². The van der Waals surface area contributed by atoms with Crippen LogP contribution in [0.15, 0.2) is 18.2 Å². The van der Waals surface area contributed by atoms with Crippen molar-refractivity contribution in [1.82, 2.24) is 0 Å². The van der Waals surface area contributed by atoms with E-state index in [1.54, 1.807) is 18.0 Å². The minimum Gasteiger partial charge on any atom is -0.478 e. The Morgan fingerprint density at radius 3 is 2.71 bits per heavy atom. The summed E-state index contributed by atoms with van der Waals surface area (Å²) in [6, 6.07) is 4.60. The molecule has 0 spiro atoms. The SMILES string of the molecule is CNc1ccc(C(=O)O)cc1N1CC(SC(C)=O)CC1=O. The highest BCUT2D eigenvalue weighted by atomic mass is 32.2. The quantitative estimate of drug-likeness (QED) is 0.882. The molecule has 112 valence electrons. The molecule has 1 aliphatic heterocycles. The molecular weight excluding hydrogens is 292 g/mol. The van der Waals surface area contributed by atoms with Crippen molar-refractivity contribution in [1.29, 1.82) is 0 Å². The van der Waals surface area contributed by atoms with Gasteiger partial charge in [0.05, 0.1) is 16.9 Å². The van der Waals surface area contributed by atoms with Crippen LogP contribution in [0, 0.1) is 0 Å². The lowest BCUT2D eigenvalue weighted by molar-refractivity contribution is -0.117. The monoisotopic (exact) mass is 308 g/mol. The molecule has 2 rings (SSSR count). The molecule has 1 heterocycles. The molecule has 1 atom stereocenters. The molecule has 1 aromatic rings. The van der Waals surface area contributed by atoms with Crippen molar-refractivity contribution in [3.05, 3.63) is 23.8 Å². The van der Waals surface area contributed by atoms with Gasteiger partial charge in [-0.25, -0.2) is 4.79 Å². The number of aromatic carboxylic acids is 1. The Morgan fingerprint density at radius 2 is 2.14 bits per heavy atom. The number of nitrogens with one attached hydrogen (secondary N) is 1. The predicted octanol–water partition coefficient (Wildman–Crippen LogP) is 1.81. The lowest BCUT2D eigenvalue weighted by atomic mass is 10.1. The summed E-state index contributed by atoms with van der Waals surface area (Å²) in [7, 11) is 1.71. The molecule has 0 saturated carbocycles. The molecule has 2 N–H and O–H groups in total. The molecule has 6 nitrogen and oxygen atoms in total. The van der Waals surface area contributed by atoms with E-state index in [0.717, 1.165) is 11.8 Å². The molecule has 0 radical (unpaired) electrons. The van der Waals surface area contributed by atoms with Crippen molar-refractivity contribution in [3.8, 4) is 0 Å². The van der Waals surface area contributed by atoms with Crippen molar-refractivity contribution in [2.75, 3.05) is 23.8 Å². The number of hydrogen-bond acceptors (Lipinski definition) is 5. The molecular formula is C14H16N2O4S. The third-order valence-corrected chi connectivity index (χ3v) is 4.21. The van der Waals surface area contributed by atoms with E-state index in [1.165, 1.54) is 19.1 Å². The average molecular weight is 308 g/mol. The van der Waals surface area contributed by atoms with Crippen LogP contribution in [-0.2, 0) is 9.59 Å². The maximum absolute atomic E-state index is 12.1. The van der Waals surface area contributed by atoms with Crippen LogP contribution in [0.5, 0.6) is 0 Å². The van der Waals surface area contributed by atoms with E-state index in [-0.39, 0.29) is 28.3 Å². The molecule has 1 saturated heterocycles. The second-order valence-corrected chi connectivity index (χ2v) is 6.20. The van der Waals surface area contributed by atoms with Crippen molar-refractivity contribution in [2.24, 2.45) is 0 Å². The molecule has 7 heteroatoms. The zero-order valence-electron chi connectivity index (χ0n) is 11.8. The van der Waals surface area contributed by atoms with E-state index >= 15 is 0 Å². The van der Waals surface area contributed by atoms with E-state index < -0.39 is 5.97 Å². The number of benzene rings is 1. The van der Waals surface area contributed by atoms with Gasteiger partial charge >= 0.3 is 5.97 Å². The van der Waals surface area contributed by atoms with Gasteiger partial charge in [0.1, 0.15) is 0 Å². The van der Waals surface area contributed by atoms with Gasteiger partial charge in [-0.2, -0.15) is 0 Å². The van der Waals surface area contributed by atoms with Crippen LogP contribution in [0.4, 0.5) is 11.4 Å². The predicted molar refractivity (Wildman–Crippen MR) is 82.0 cm³/mol. The number of carbonyl (C=O) groups excluding carboxylic acids is 2. The van der Waals surface area contributed by atoms with Gasteiger partial charge in [0, 0.05) is 32.2 Å². The maximum Gasteiger partial charge on any atom is 0.335 e. The lowest BCUT2D eigenvalue weighted by Crippen LogP contribution is -2.26. The van der Waals surface area contributed by atoms with E-state index in [2.05, 4.69) is 5.32 Å². The van der Waals surface area contributed by atoms with Crippen LogP contribution >= 0.6 is 11.8 Å². The third-order valence-electron chi connectivity index (χ3n) is 3.23. The molecule has 0 aromatic heterocycles. The van der Waals surface area contributed by atoms with Gasteiger partial charge in [0.25, 0.3) is 0 Å². The fourth-order valence-electron chi connectivity index (χ4n) is 2.32. The molecule has 1 aliphatic rings. The minimum atomic E-state index is -1.04. The second-order valence-electron chi connectivity index (χ2n) is 4.73. The minimum absolute atomic E-state index is 0.0252. The number of carboxylic acids is 1. The maximum atomic E-state index is 12.1. The normalized spacial score (nSPS) is 17.9. The Labute approximate surface area is 126 Å². The van der Waals surface area contributed by atoms with Gasteiger partial charge < -0.3 is 15.3 Å². The molecule has 1 aromatic carbocycles. The summed E-state index contributed by atoms with van der Waals surface area (Å²) in [5, 5.41) is 11.9. The summed E-state index contributed by atoms with van der Waals surface area (Å²) in [6.45, 7) is 1.88. The zero-order chi connectivity index (χ0) is 15.6. The molecule has 21 heavy (non-hydrogen) atoms. The highest BCUT2D eigenvalue weighted by Crippen LogP contribution is 2.33. The lowest BCUT2D eigenvalue weighted by Gasteiger charge is -2.20. The zero-order valence-corrected chi connectivity index (χ0v) is 12.6. The first-order valence-corrected chi connectivity index (χ1v) is 7.33. The Morgan fingerprint density at radius 1 is 1.43 bits per heavy atom. The Hall–Kier alpha value is -2.02. The van der Waals surface area contributed by atoms with Crippen LogP contribution in [0.25, 0.3) is 0 Å². The summed E-state index contributed by atoms with van der Waals surface area (Å²) < 4.78 is 0. The van der Waals surface area contributed by atoms with Crippen molar-refractivity contribution >= 4 is 40.1 Å². The number of amides is 1. The summed E-state index contributed by atoms with van der Waals surface area (Å²) in [5.74, 6) is -1.15. The van der Waals surface area contributed by atoms with Gasteiger partial charge in [-0.05, 0) is 18.2 Å². The summed E-state index contributed by atoms with van der Waals surface area (Å²) in [4.78, 5) is 35.9. The molecule has 1 amide bonds. The van der Waals surface area contributed by atoms with Crippen molar-refractivity contribution < 1.29 is 19.5 Å². The first kappa shape index (κ1) is 15.4. The highest BCUT2D eigenvalue weighted by Gasteiger charge is 2.33. The first-order valence-electron chi connectivity index (χ1n) is 6.45. The molecule has 0 bridgehead atoms. The van der Waals surface area contributed by atoms with Gasteiger partial charge in [-0.3, -0.25) is 9.59 Å². The Bertz CT molecular complexity index is 603. The number of thioether (sulfide) groups is 1. The number of carbonyl (C=O) groups is 3. The van der Waals surface area contributed by atoms with Crippen molar-refractivity contribution in [2.45, 2.75) is 18.6 Å². The van der Waals surface area contributed by atoms with Crippen LogP contribution < -0.4 is 10.2 Å². The largest absolute Gasteiger partial charge is 0.478 e. The van der Waals surface area contributed by atoms with E-state index in [1.807, 2.05) is 0 Å². The number of nitrogens with zero attached hydrogens (tertiary/aromatic N) is 1. The fourth-order valence-corrected chi connectivity index (χ4v) is 3.24. The van der Waals surface area contributed by atoms with Crippen LogP contribution in [0.3, 0.4) is 0 Å². The number of rotatable bonds is 4. The first-order chi connectivity index (χ1) is 9.92. The van der Waals surface area contributed by atoms with Gasteiger partial charge in [0.15, 0.2) is 5.12 Å². The Kier molecular flexibility index (Phi) is 4.52. The smallest absolute Gasteiger partial charge is 0.335 e. The van der Waals surface area contributed by atoms with Crippen LogP contribution in [0.2, 0.25) is 0 Å². The number of anilines is 2. The second kappa shape index (κ2) is 6.17. The summed E-state index contributed by atoms with van der Waals surface area (Å²) >= 11 is 1.15. The highest BCUT2D eigenvalue weighted by molar-refractivity contribution is 8.14. The standard InChI is InChI=1S/C14H16N2O4S/c1-8(17)21-10-6-13(18)16(7-10)12-5-9(14(19)20)3-4-11(12)15-2/h3-5,10,15H,6-7H2,1-2H3,(H,19,20). The third kappa shape index (κ3) is 3.36. The number of carboxylic acid groups (broad SMARTS) is 1. The molecule has 1 unspecified atom stereocenters. The number of hydrogen-bond donors (Lipinski definition) is 2. The molecule has 0 aliphatic carbocycles. The van der Waals surface area contributed by atoms with Crippen molar-refractivity contribution in [3.63, 3.8) is 0 Å². The summed E-state index contributed by atoms with van der Waals surface area (Å²) in [5.41, 5.74) is 1.34. The van der Waals surface area contributed by atoms with Crippen LogP contribution in [0.1, 0.15) is 23.7 Å². The van der Waals surface area contributed by atoms with Gasteiger partial charge in [-0.1, -0.05) is 11.8 Å². The van der Waals surface area contributed by atoms with E-state index in [9.17, 15) is 14.4 Å². The van der Waals surface area contributed by atoms with E-state index in [0.29, 0.717) is 17.9 Å². The van der Waals surface area contributed by atoms with Gasteiger partial charge in [0.2, 0.25) is 5.91 Å². The average Bonchev–Trinajstić information content (AvgIpc) is 2.77. The molecule has 1 fully saturated rings. The van der Waals surface area contributed by atoms with Gasteiger partial charge in [-0.15, -0.1) is 0 Å². The van der Waals surface area contributed by atoms with E-state index in [4.69, 9.17) is 5.11 Å². The summed E-state index contributed by atoms with van der Waals surface area (Å²) in [6.07, 6.45) is 0.282.